The topological polar surface area (TPSA) is 62.6 Å². The molecule has 0 spiro atoms. The van der Waals surface area contributed by atoms with Crippen LogP contribution in [0.25, 0.3) is 0 Å². The fraction of sp³-hybridized carbons (Fsp3) is 0.765. The molecule has 2 saturated heterocycles. The summed E-state index contributed by atoms with van der Waals surface area (Å²) in [5.74, 6) is 1.28. The second-order valence-corrected chi connectivity index (χ2v) is 6.99. The summed E-state index contributed by atoms with van der Waals surface area (Å²) in [6, 6.07) is 0. The smallest absolute Gasteiger partial charge is 0.293 e. The van der Waals surface area contributed by atoms with Gasteiger partial charge in [-0.25, -0.2) is 4.98 Å². The molecule has 1 atom stereocenters. The van der Waals surface area contributed by atoms with Crippen molar-refractivity contribution in [3.8, 4) is 0 Å². The number of aryl methyl sites for hydroxylation is 1. The van der Waals surface area contributed by atoms with Gasteiger partial charge in [-0.05, 0) is 31.8 Å². The van der Waals surface area contributed by atoms with Crippen LogP contribution in [0.15, 0.2) is 17.2 Å². The molecule has 1 unspecified atom stereocenters. The fourth-order valence-electron chi connectivity index (χ4n) is 3.62. The van der Waals surface area contributed by atoms with E-state index in [2.05, 4.69) is 15.2 Å². The zero-order valence-corrected chi connectivity index (χ0v) is 16.0. The average Bonchev–Trinajstić information content (AvgIpc) is 2.58. The van der Waals surface area contributed by atoms with Gasteiger partial charge in [-0.3, -0.25) is 9.69 Å². The first-order chi connectivity index (χ1) is 11.6. The molecule has 25 heavy (non-hydrogen) atoms. The first-order valence-corrected chi connectivity index (χ1v) is 8.91. The third kappa shape index (κ3) is 5.41. The van der Waals surface area contributed by atoms with Crippen LogP contribution in [0.1, 0.15) is 12.8 Å². The Morgan fingerprint density at radius 2 is 2.16 bits per heavy atom. The number of ether oxygens (including phenoxy) is 1. The average molecular weight is 372 g/mol. The standard InChI is InChI=1S/C17H29N5O2.ClH/c1-20-8-7-19-16(17(20)23)21(2)12-15-13-22(9-10-24-15)11-14-3-5-18-6-4-14;/h7-8,14-15,18H,3-6,9-13H2,1-2H3;1H. The molecule has 3 rings (SSSR count). The second kappa shape index (κ2) is 9.52. The van der Waals surface area contributed by atoms with Crippen molar-refractivity contribution in [2.45, 2.75) is 18.9 Å². The van der Waals surface area contributed by atoms with Crippen molar-refractivity contribution in [1.82, 2.24) is 19.8 Å². The highest BCUT2D eigenvalue weighted by Gasteiger charge is 2.25. The molecule has 8 heteroatoms. The summed E-state index contributed by atoms with van der Waals surface area (Å²) in [7, 11) is 3.66. The van der Waals surface area contributed by atoms with Gasteiger partial charge in [0.2, 0.25) is 0 Å². The van der Waals surface area contributed by atoms with Gasteiger partial charge >= 0.3 is 0 Å². The Labute approximate surface area is 155 Å². The minimum Gasteiger partial charge on any atom is -0.374 e. The molecule has 0 aromatic carbocycles. The summed E-state index contributed by atoms with van der Waals surface area (Å²) >= 11 is 0. The predicted molar refractivity (Wildman–Crippen MR) is 102 cm³/mol. The van der Waals surface area contributed by atoms with E-state index >= 15 is 0 Å². The molecule has 2 aliphatic rings. The lowest BCUT2D eigenvalue weighted by Gasteiger charge is -2.37. The Bertz CT molecular complexity index is 591. The van der Waals surface area contributed by atoms with Gasteiger partial charge in [0.1, 0.15) is 0 Å². The summed E-state index contributed by atoms with van der Waals surface area (Å²) in [5.41, 5.74) is -0.0672. The number of hydrogen-bond acceptors (Lipinski definition) is 6. The number of morpholine rings is 1. The van der Waals surface area contributed by atoms with Gasteiger partial charge < -0.3 is 19.5 Å². The molecule has 7 nitrogen and oxygen atoms in total. The molecular weight excluding hydrogens is 342 g/mol. The number of likely N-dealkylation sites (N-methyl/N-ethyl adjacent to an activating group) is 1. The number of halogens is 1. The van der Waals surface area contributed by atoms with Gasteiger partial charge in [0.15, 0.2) is 5.82 Å². The first-order valence-electron chi connectivity index (χ1n) is 8.91. The van der Waals surface area contributed by atoms with Crippen molar-refractivity contribution in [1.29, 1.82) is 0 Å². The van der Waals surface area contributed by atoms with Crippen LogP contribution < -0.4 is 15.8 Å². The van der Waals surface area contributed by atoms with Gasteiger partial charge in [0.05, 0.1) is 12.7 Å². The van der Waals surface area contributed by atoms with Crippen molar-refractivity contribution in [3.05, 3.63) is 22.7 Å². The van der Waals surface area contributed by atoms with E-state index in [9.17, 15) is 4.79 Å². The largest absolute Gasteiger partial charge is 0.374 e. The fourth-order valence-corrected chi connectivity index (χ4v) is 3.62. The van der Waals surface area contributed by atoms with Crippen LogP contribution in [0.5, 0.6) is 0 Å². The molecule has 0 radical (unpaired) electrons. The number of piperidine rings is 1. The van der Waals surface area contributed by atoms with E-state index in [0.29, 0.717) is 12.4 Å². The predicted octanol–water partition coefficient (Wildman–Crippen LogP) is 0.339. The summed E-state index contributed by atoms with van der Waals surface area (Å²) in [6.45, 7) is 6.85. The maximum Gasteiger partial charge on any atom is 0.293 e. The van der Waals surface area contributed by atoms with Gasteiger partial charge in [-0.2, -0.15) is 0 Å². The Hall–Kier alpha value is -1.15. The van der Waals surface area contributed by atoms with Crippen LogP contribution in [-0.4, -0.2) is 73.5 Å². The zero-order chi connectivity index (χ0) is 16.9. The summed E-state index contributed by atoms with van der Waals surface area (Å²) in [5, 5.41) is 3.43. The molecular formula is C17H30ClN5O2. The number of nitrogens with zero attached hydrogens (tertiary/aromatic N) is 4. The molecule has 142 valence electrons. The van der Waals surface area contributed by atoms with Gasteiger partial charge in [0.25, 0.3) is 5.56 Å². The molecule has 3 heterocycles. The Balaban J connectivity index is 0.00000225. The van der Waals surface area contributed by atoms with E-state index in [1.165, 1.54) is 12.8 Å². The maximum atomic E-state index is 12.2. The van der Waals surface area contributed by atoms with Crippen LogP contribution in [0, 0.1) is 5.92 Å². The third-order valence-corrected chi connectivity index (χ3v) is 5.04. The van der Waals surface area contributed by atoms with E-state index in [-0.39, 0.29) is 24.1 Å². The summed E-state index contributed by atoms with van der Waals surface area (Å²) in [6.07, 6.45) is 6.01. The van der Waals surface area contributed by atoms with Crippen molar-refractivity contribution in [2.75, 3.05) is 57.8 Å². The number of nitrogens with one attached hydrogen (secondary N) is 1. The van der Waals surface area contributed by atoms with Crippen LogP contribution in [0.2, 0.25) is 0 Å². The van der Waals surface area contributed by atoms with Gasteiger partial charge in [-0.1, -0.05) is 0 Å². The maximum absolute atomic E-state index is 12.2. The molecule has 1 aromatic rings. The molecule has 2 fully saturated rings. The third-order valence-electron chi connectivity index (χ3n) is 5.04. The van der Waals surface area contributed by atoms with E-state index in [1.54, 1.807) is 24.0 Å². The van der Waals surface area contributed by atoms with E-state index in [0.717, 1.165) is 45.2 Å². The molecule has 1 aromatic heterocycles. The number of anilines is 1. The van der Waals surface area contributed by atoms with Gasteiger partial charge in [0, 0.05) is 52.7 Å². The SMILES string of the molecule is CN(CC1CN(CC2CCNCC2)CCO1)c1nccn(C)c1=O.Cl. The highest BCUT2D eigenvalue weighted by atomic mass is 35.5. The Kier molecular flexibility index (Phi) is 7.68. The summed E-state index contributed by atoms with van der Waals surface area (Å²) in [4.78, 5) is 20.9. The van der Waals surface area contributed by atoms with Crippen LogP contribution >= 0.6 is 12.4 Å². The highest BCUT2D eigenvalue weighted by molar-refractivity contribution is 5.85. The summed E-state index contributed by atoms with van der Waals surface area (Å²) < 4.78 is 7.49. The molecule has 2 aliphatic heterocycles. The highest BCUT2D eigenvalue weighted by Crippen LogP contribution is 2.16. The van der Waals surface area contributed by atoms with Gasteiger partial charge in [-0.15, -0.1) is 12.4 Å². The lowest BCUT2D eigenvalue weighted by Crippen LogP contribution is -2.49. The zero-order valence-electron chi connectivity index (χ0n) is 15.2. The van der Waals surface area contributed by atoms with Crippen molar-refractivity contribution in [3.63, 3.8) is 0 Å². The van der Waals surface area contributed by atoms with Crippen molar-refractivity contribution < 1.29 is 4.74 Å². The molecule has 0 bridgehead atoms. The molecule has 0 aliphatic carbocycles. The molecule has 0 saturated carbocycles. The van der Waals surface area contributed by atoms with Crippen LogP contribution in [0.4, 0.5) is 5.82 Å². The van der Waals surface area contributed by atoms with E-state index in [1.807, 2.05) is 11.9 Å². The van der Waals surface area contributed by atoms with Crippen molar-refractivity contribution in [2.24, 2.45) is 13.0 Å². The monoisotopic (exact) mass is 371 g/mol. The van der Waals surface area contributed by atoms with Crippen LogP contribution in [0.3, 0.4) is 0 Å². The normalized spacial score (nSPS) is 22.4. The van der Waals surface area contributed by atoms with Crippen LogP contribution in [-0.2, 0) is 11.8 Å². The molecule has 0 amide bonds. The van der Waals surface area contributed by atoms with E-state index in [4.69, 9.17) is 4.74 Å². The first kappa shape index (κ1) is 20.2. The number of aromatic nitrogens is 2. The minimum atomic E-state index is -0.0672. The minimum absolute atomic E-state index is 0. The Morgan fingerprint density at radius 3 is 2.92 bits per heavy atom. The van der Waals surface area contributed by atoms with Crippen molar-refractivity contribution >= 4 is 18.2 Å². The lowest BCUT2D eigenvalue weighted by atomic mass is 9.97. The Morgan fingerprint density at radius 1 is 1.40 bits per heavy atom. The van der Waals surface area contributed by atoms with E-state index < -0.39 is 0 Å². The lowest BCUT2D eigenvalue weighted by molar-refractivity contribution is -0.0294. The molecule has 1 N–H and O–H groups in total. The second-order valence-electron chi connectivity index (χ2n) is 6.99. The quantitative estimate of drug-likeness (QED) is 0.805. The number of hydrogen-bond donors (Lipinski definition) is 1. The number of rotatable bonds is 5.